The number of aromatic nitrogens is 3. The summed E-state index contributed by atoms with van der Waals surface area (Å²) in [7, 11) is 0. The first kappa shape index (κ1) is 13.3. The summed E-state index contributed by atoms with van der Waals surface area (Å²) in [6.45, 7) is 8.46. The summed E-state index contributed by atoms with van der Waals surface area (Å²) in [5.74, 6) is 2.19. The Kier molecular flexibility index (Phi) is 3.57. The summed E-state index contributed by atoms with van der Waals surface area (Å²) >= 11 is 0. The standard InChI is InChI=1S/C16H22N4/c1-4-14-16-19-18-15(20(16)8-7-17-14)10-13-9-11(2)5-6-12(13)3/h5-6,9,14,17H,4,7-8,10H2,1-3H3. The van der Waals surface area contributed by atoms with E-state index in [4.69, 9.17) is 0 Å². The first-order valence-corrected chi connectivity index (χ1v) is 7.40. The minimum atomic E-state index is 0.351. The van der Waals surface area contributed by atoms with Gasteiger partial charge in [-0.3, -0.25) is 0 Å². The van der Waals surface area contributed by atoms with Crippen LogP contribution in [0.25, 0.3) is 0 Å². The molecule has 0 bridgehead atoms. The van der Waals surface area contributed by atoms with E-state index in [0.717, 1.165) is 37.6 Å². The fourth-order valence-corrected chi connectivity index (χ4v) is 2.91. The van der Waals surface area contributed by atoms with Gasteiger partial charge in [-0.05, 0) is 31.4 Å². The predicted octanol–water partition coefficient (Wildman–Crippen LogP) is 2.54. The summed E-state index contributed by atoms with van der Waals surface area (Å²) < 4.78 is 2.30. The van der Waals surface area contributed by atoms with Gasteiger partial charge in [-0.25, -0.2) is 0 Å². The number of hydrogen-bond acceptors (Lipinski definition) is 3. The molecule has 4 heteroatoms. The fourth-order valence-electron chi connectivity index (χ4n) is 2.91. The third kappa shape index (κ3) is 2.36. The summed E-state index contributed by atoms with van der Waals surface area (Å²) in [6, 6.07) is 6.96. The van der Waals surface area contributed by atoms with Crippen LogP contribution in [0.15, 0.2) is 18.2 Å². The Bertz CT molecular complexity index is 615. The second-order valence-electron chi connectivity index (χ2n) is 5.65. The lowest BCUT2D eigenvalue weighted by Crippen LogP contribution is -2.34. The van der Waals surface area contributed by atoms with Crippen molar-refractivity contribution in [3.63, 3.8) is 0 Å². The first-order valence-electron chi connectivity index (χ1n) is 7.40. The van der Waals surface area contributed by atoms with Crippen molar-refractivity contribution in [2.24, 2.45) is 0 Å². The molecule has 2 heterocycles. The van der Waals surface area contributed by atoms with Crippen molar-refractivity contribution < 1.29 is 0 Å². The van der Waals surface area contributed by atoms with E-state index in [1.807, 2.05) is 0 Å². The smallest absolute Gasteiger partial charge is 0.150 e. The topological polar surface area (TPSA) is 42.7 Å². The summed E-state index contributed by atoms with van der Waals surface area (Å²) in [5, 5.41) is 12.3. The number of nitrogens with zero attached hydrogens (tertiary/aromatic N) is 3. The highest BCUT2D eigenvalue weighted by Crippen LogP contribution is 2.21. The largest absolute Gasteiger partial charge is 0.312 e. The van der Waals surface area contributed by atoms with Crippen LogP contribution < -0.4 is 5.32 Å². The first-order chi connectivity index (χ1) is 9.69. The molecule has 1 unspecified atom stereocenters. The van der Waals surface area contributed by atoms with Gasteiger partial charge in [0.1, 0.15) is 11.6 Å². The van der Waals surface area contributed by atoms with E-state index in [0.29, 0.717) is 6.04 Å². The van der Waals surface area contributed by atoms with Crippen LogP contribution >= 0.6 is 0 Å². The third-order valence-corrected chi connectivity index (χ3v) is 4.16. The molecule has 1 atom stereocenters. The van der Waals surface area contributed by atoms with Crippen molar-refractivity contribution in [2.75, 3.05) is 6.54 Å². The number of nitrogens with one attached hydrogen (secondary N) is 1. The molecule has 0 amide bonds. The van der Waals surface area contributed by atoms with Crippen molar-refractivity contribution in [3.8, 4) is 0 Å². The van der Waals surface area contributed by atoms with Crippen LogP contribution in [-0.4, -0.2) is 21.3 Å². The summed E-state index contributed by atoms with van der Waals surface area (Å²) in [6.07, 6.45) is 1.93. The molecule has 4 nitrogen and oxygen atoms in total. The lowest BCUT2D eigenvalue weighted by Gasteiger charge is -2.24. The zero-order chi connectivity index (χ0) is 14.1. The van der Waals surface area contributed by atoms with Crippen LogP contribution in [0.2, 0.25) is 0 Å². The Hall–Kier alpha value is -1.68. The third-order valence-electron chi connectivity index (χ3n) is 4.16. The van der Waals surface area contributed by atoms with Gasteiger partial charge >= 0.3 is 0 Å². The van der Waals surface area contributed by atoms with E-state index in [-0.39, 0.29) is 0 Å². The summed E-state index contributed by atoms with van der Waals surface area (Å²) in [5.41, 5.74) is 3.98. The van der Waals surface area contributed by atoms with Gasteiger partial charge in [-0.15, -0.1) is 10.2 Å². The normalized spacial score (nSPS) is 18.1. The molecule has 1 aliphatic heterocycles. The lowest BCUT2D eigenvalue weighted by atomic mass is 10.0. The van der Waals surface area contributed by atoms with E-state index in [2.05, 4.69) is 59.1 Å². The maximum absolute atomic E-state index is 4.44. The molecule has 1 aliphatic rings. The average molecular weight is 270 g/mol. The zero-order valence-corrected chi connectivity index (χ0v) is 12.5. The lowest BCUT2D eigenvalue weighted by molar-refractivity contribution is 0.401. The Balaban J connectivity index is 1.92. The Morgan fingerprint density at radius 1 is 1.30 bits per heavy atom. The quantitative estimate of drug-likeness (QED) is 0.932. The molecule has 0 saturated carbocycles. The zero-order valence-electron chi connectivity index (χ0n) is 12.5. The van der Waals surface area contributed by atoms with Gasteiger partial charge in [0.15, 0.2) is 0 Å². The molecule has 0 spiro atoms. The van der Waals surface area contributed by atoms with Crippen molar-refractivity contribution in [2.45, 2.75) is 46.2 Å². The van der Waals surface area contributed by atoms with Gasteiger partial charge in [0.05, 0.1) is 6.04 Å². The van der Waals surface area contributed by atoms with E-state index < -0.39 is 0 Å². The Morgan fingerprint density at radius 3 is 2.95 bits per heavy atom. The average Bonchev–Trinajstić information content (AvgIpc) is 2.86. The van der Waals surface area contributed by atoms with Crippen LogP contribution in [0.4, 0.5) is 0 Å². The molecule has 0 aliphatic carbocycles. The highest BCUT2D eigenvalue weighted by Gasteiger charge is 2.23. The van der Waals surface area contributed by atoms with Crippen LogP contribution in [-0.2, 0) is 13.0 Å². The van der Waals surface area contributed by atoms with E-state index in [1.54, 1.807) is 0 Å². The maximum Gasteiger partial charge on any atom is 0.150 e. The summed E-state index contributed by atoms with van der Waals surface area (Å²) in [4.78, 5) is 0. The molecule has 1 aromatic heterocycles. The minimum Gasteiger partial charge on any atom is -0.312 e. The van der Waals surface area contributed by atoms with E-state index in [1.165, 1.54) is 16.7 Å². The molecule has 1 N–H and O–H groups in total. The Labute approximate surface area is 120 Å². The second kappa shape index (κ2) is 5.37. The molecule has 0 radical (unpaired) electrons. The van der Waals surface area contributed by atoms with Crippen molar-refractivity contribution in [1.29, 1.82) is 0 Å². The SMILES string of the molecule is CCC1NCCn2c(Cc3cc(C)ccc3C)nnc21. The fraction of sp³-hybridized carbons (Fsp3) is 0.500. The minimum absolute atomic E-state index is 0.351. The molecule has 1 aromatic carbocycles. The molecule has 20 heavy (non-hydrogen) atoms. The molecular weight excluding hydrogens is 248 g/mol. The maximum atomic E-state index is 4.44. The van der Waals surface area contributed by atoms with Crippen molar-refractivity contribution >= 4 is 0 Å². The molecule has 3 rings (SSSR count). The van der Waals surface area contributed by atoms with E-state index >= 15 is 0 Å². The highest BCUT2D eigenvalue weighted by molar-refractivity contribution is 5.32. The highest BCUT2D eigenvalue weighted by atomic mass is 15.3. The van der Waals surface area contributed by atoms with Crippen LogP contribution in [0.3, 0.4) is 0 Å². The van der Waals surface area contributed by atoms with Gasteiger partial charge in [0.2, 0.25) is 0 Å². The number of fused-ring (bicyclic) bond motifs is 1. The van der Waals surface area contributed by atoms with Gasteiger partial charge in [0.25, 0.3) is 0 Å². The van der Waals surface area contributed by atoms with Crippen molar-refractivity contribution in [1.82, 2.24) is 20.1 Å². The van der Waals surface area contributed by atoms with Gasteiger partial charge in [0, 0.05) is 19.5 Å². The second-order valence-corrected chi connectivity index (χ2v) is 5.65. The predicted molar refractivity (Wildman–Crippen MR) is 79.8 cm³/mol. The Morgan fingerprint density at radius 2 is 2.15 bits per heavy atom. The number of aryl methyl sites for hydroxylation is 2. The van der Waals surface area contributed by atoms with Gasteiger partial charge in [-0.1, -0.05) is 30.7 Å². The van der Waals surface area contributed by atoms with Crippen LogP contribution in [0, 0.1) is 13.8 Å². The van der Waals surface area contributed by atoms with Gasteiger partial charge in [-0.2, -0.15) is 0 Å². The van der Waals surface area contributed by atoms with Crippen LogP contribution in [0.5, 0.6) is 0 Å². The number of rotatable bonds is 3. The van der Waals surface area contributed by atoms with Gasteiger partial charge < -0.3 is 9.88 Å². The van der Waals surface area contributed by atoms with Crippen molar-refractivity contribution in [3.05, 3.63) is 46.5 Å². The van der Waals surface area contributed by atoms with E-state index in [9.17, 15) is 0 Å². The molecule has 0 saturated heterocycles. The molecule has 2 aromatic rings. The number of benzene rings is 1. The molecule has 0 fully saturated rings. The molecular formula is C16H22N4. The molecule has 106 valence electrons. The monoisotopic (exact) mass is 270 g/mol. The van der Waals surface area contributed by atoms with Crippen LogP contribution in [0.1, 0.15) is 47.7 Å². The number of hydrogen-bond donors (Lipinski definition) is 1.